The van der Waals surface area contributed by atoms with Crippen molar-refractivity contribution in [2.75, 3.05) is 0 Å². The van der Waals surface area contributed by atoms with Gasteiger partial charge in [-0.3, -0.25) is 0 Å². The van der Waals surface area contributed by atoms with Crippen molar-refractivity contribution in [3.8, 4) is 0 Å². The van der Waals surface area contributed by atoms with Crippen molar-refractivity contribution in [2.45, 2.75) is 51.7 Å². The van der Waals surface area contributed by atoms with Crippen molar-refractivity contribution in [1.29, 1.82) is 0 Å². The molecule has 0 radical (unpaired) electrons. The van der Waals surface area contributed by atoms with Crippen molar-refractivity contribution in [1.82, 2.24) is 0 Å². The summed E-state index contributed by atoms with van der Waals surface area (Å²) in [5.74, 6) is 0. The summed E-state index contributed by atoms with van der Waals surface area (Å²) in [5, 5.41) is 18.5. The standard InChI is InChI=1S/C10H20O2/c1-4-9(11)6-8(3)7-10(12)5-2/h9-12H,3-7H2,1-2H3. The van der Waals surface area contributed by atoms with Crippen LogP contribution in [0.1, 0.15) is 39.5 Å². The van der Waals surface area contributed by atoms with E-state index in [1.807, 2.05) is 13.8 Å². The molecule has 0 aromatic rings. The molecule has 2 unspecified atom stereocenters. The minimum absolute atomic E-state index is 0.290. The summed E-state index contributed by atoms with van der Waals surface area (Å²) < 4.78 is 0. The Morgan fingerprint density at radius 3 is 1.67 bits per heavy atom. The lowest BCUT2D eigenvalue weighted by Crippen LogP contribution is -2.10. The fourth-order valence-electron chi connectivity index (χ4n) is 1.04. The van der Waals surface area contributed by atoms with Crippen LogP contribution in [0.25, 0.3) is 0 Å². The fraction of sp³-hybridized carbons (Fsp3) is 0.800. The third-order valence-electron chi connectivity index (χ3n) is 1.99. The first-order valence-corrected chi connectivity index (χ1v) is 4.62. The third-order valence-corrected chi connectivity index (χ3v) is 1.99. The first kappa shape index (κ1) is 11.7. The largest absolute Gasteiger partial charge is 0.393 e. The Morgan fingerprint density at radius 2 is 1.42 bits per heavy atom. The number of hydrogen-bond donors (Lipinski definition) is 2. The maximum atomic E-state index is 9.27. The molecule has 2 nitrogen and oxygen atoms in total. The van der Waals surface area contributed by atoms with E-state index < -0.39 is 0 Å². The highest BCUT2D eigenvalue weighted by atomic mass is 16.3. The molecular weight excluding hydrogens is 152 g/mol. The van der Waals surface area contributed by atoms with E-state index in [0.29, 0.717) is 12.8 Å². The lowest BCUT2D eigenvalue weighted by atomic mass is 10.0. The van der Waals surface area contributed by atoms with Gasteiger partial charge in [-0.15, -0.1) is 0 Å². The van der Waals surface area contributed by atoms with Crippen LogP contribution in [0.5, 0.6) is 0 Å². The van der Waals surface area contributed by atoms with Gasteiger partial charge in [-0.2, -0.15) is 0 Å². The van der Waals surface area contributed by atoms with E-state index in [1.54, 1.807) is 0 Å². The monoisotopic (exact) mass is 172 g/mol. The van der Waals surface area contributed by atoms with Crippen molar-refractivity contribution >= 4 is 0 Å². The van der Waals surface area contributed by atoms with Gasteiger partial charge in [0.1, 0.15) is 0 Å². The normalized spacial score (nSPS) is 15.7. The maximum absolute atomic E-state index is 9.27. The Kier molecular flexibility index (Phi) is 6.03. The van der Waals surface area contributed by atoms with E-state index >= 15 is 0 Å². The van der Waals surface area contributed by atoms with Crippen molar-refractivity contribution in [2.24, 2.45) is 0 Å². The van der Waals surface area contributed by atoms with Crippen LogP contribution in [0.2, 0.25) is 0 Å². The lowest BCUT2D eigenvalue weighted by Gasteiger charge is -2.13. The zero-order valence-electron chi connectivity index (χ0n) is 8.08. The second-order valence-electron chi connectivity index (χ2n) is 3.28. The van der Waals surface area contributed by atoms with Crippen LogP contribution in [0.4, 0.5) is 0 Å². The van der Waals surface area contributed by atoms with Gasteiger partial charge in [0.05, 0.1) is 12.2 Å². The molecule has 0 spiro atoms. The van der Waals surface area contributed by atoms with E-state index in [0.717, 1.165) is 18.4 Å². The van der Waals surface area contributed by atoms with Gasteiger partial charge in [0.25, 0.3) is 0 Å². The molecule has 0 bridgehead atoms. The second kappa shape index (κ2) is 6.21. The summed E-state index contributed by atoms with van der Waals surface area (Å²) in [5.41, 5.74) is 0.943. The van der Waals surface area contributed by atoms with Gasteiger partial charge in [-0.1, -0.05) is 26.0 Å². The Morgan fingerprint density at radius 1 is 1.08 bits per heavy atom. The minimum atomic E-state index is -0.290. The highest BCUT2D eigenvalue weighted by molar-refractivity contribution is 4.97. The maximum Gasteiger partial charge on any atom is 0.0574 e. The van der Waals surface area contributed by atoms with Crippen LogP contribution in [-0.4, -0.2) is 22.4 Å². The number of aliphatic hydroxyl groups is 2. The molecule has 0 aromatic carbocycles. The first-order chi connectivity index (χ1) is 5.60. The van der Waals surface area contributed by atoms with Gasteiger partial charge in [0.15, 0.2) is 0 Å². The first-order valence-electron chi connectivity index (χ1n) is 4.62. The fourth-order valence-corrected chi connectivity index (χ4v) is 1.04. The lowest BCUT2D eigenvalue weighted by molar-refractivity contribution is 0.151. The Balaban J connectivity index is 3.59. The summed E-state index contributed by atoms with van der Waals surface area (Å²) in [4.78, 5) is 0. The van der Waals surface area contributed by atoms with Crippen LogP contribution in [0, 0.1) is 0 Å². The van der Waals surface area contributed by atoms with Crippen LogP contribution in [0.15, 0.2) is 12.2 Å². The molecule has 0 fully saturated rings. The van der Waals surface area contributed by atoms with Gasteiger partial charge in [0.2, 0.25) is 0 Å². The molecule has 0 rings (SSSR count). The van der Waals surface area contributed by atoms with Crippen LogP contribution in [-0.2, 0) is 0 Å². The number of hydrogen-bond acceptors (Lipinski definition) is 2. The molecule has 12 heavy (non-hydrogen) atoms. The Hall–Kier alpha value is -0.340. The minimum Gasteiger partial charge on any atom is -0.393 e. The molecule has 0 aromatic heterocycles. The molecule has 0 heterocycles. The molecule has 2 heteroatoms. The summed E-state index contributed by atoms with van der Waals surface area (Å²) in [6.07, 6.45) is 2.16. The van der Waals surface area contributed by atoms with E-state index in [4.69, 9.17) is 0 Å². The van der Waals surface area contributed by atoms with E-state index in [9.17, 15) is 10.2 Å². The van der Waals surface area contributed by atoms with E-state index in [1.165, 1.54) is 0 Å². The van der Waals surface area contributed by atoms with Crippen LogP contribution < -0.4 is 0 Å². The number of rotatable bonds is 6. The molecule has 0 saturated carbocycles. The van der Waals surface area contributed by atoms with Gasteiger partial charge in [-0.05, 0) is 25.7 Å². The smallest absolute Gasteiger partial charge is 0.0574 e. The molecule has 0 aliphatic rings. The molecular formula is C10H20O2. The summed E-state index contributed by atoms with van der Waals surface area (Å²) >= 11 is 0. The molecule has 72 valence electrons. The summed E-state index contributed by atoms with van der Waals surface area (Å²) in [6.45, 7) is 7.69. The van der Waals surface area contributed by atoms with Crippen LogP contribution in [0.3, 0.4) is 0 Å². The highest BCUT2D eigenvalue weighted by Crippen LogP contribution is 2.13. The molecule has 0 amide bonds. The van der Waals surface area contributed by atoms with E-state index in [-0.39, 0.29) is 12.2 Å². The molecule has 2 atom stereocenters. The zero-order valence-corrected chi connectivity index (χ0v) is 8.08. The topological polar surface area (TPSA) is 40.5 Å². The predicted molar refractivity (Wildman–Crippen MR) is 51.0 cm³/mol. The number of aliphatic hydroxyl groups excluding tert-OH is 2. The molecule has 0 saturated heterocycles. The van der Waals surface area contributed by atoms with Gasteiger partial charge in [0, 0.05) is 0 Å². The summed E-state index contributed by atoms with van der Waals surface area (Å²) in [6, 6.07) is 0. The summed E-state index contributed by atoms with van der Waals surface area (Å²) in [7, 11) is 0. The van der Waals surface area contributed by atoms with Crippen molar-refractivity contribution < 1.29 is 10.2 Å². The predicted octanol–water partition coefficient (Wildman–Crippen LogP) is 1.86. The van der Waals surface area contributed by atoms with Gasteiger partial charge >= 0.3 is 0 Å². The zero-order chi connectivity index (χ0) is 9.56. The Labute approximate surface area is 74.9 Å². The molecule has 2 N–H and O–H groups in total. The Bertz CT molecular complexity index is 118. The molecule has 0 aliphatic carbocycles. The highest BCUT2D eigenvalue weighted by Gasteiger charge is 2.07. The third kappa shape index (κ3) is 5.33. The molecule has 0 aliphatic heterocycles. The average Bonchev–Trinajstić information content (AvgIpc) is 2.03. The van der Waals surface area contributed by atoms with Gasteiger partial charge < -0.3 is 10.2 Å². The van der Waals surface area contributed by atoms with Crippen LogP contribution >= 0.6 is 0 Å². The van der Waals surface area contributed by atoms with Gasteiger partial charge in [-0.25, -0.2) is 0 Å². The SMILES string of the molecule is C=C(CC(O)CC)CC(O)CC. The van der Waals surface area contributed by atoms with Crippen molar-refractivity contribution in [3.05, 3.63) is 12.2 Å². The average molecular weight is 172 g/mol. The van der Waals surface area contributed by atoms with Crippen molar-refractivity contribution in [3.63, 3.8) is 0 Å². The second-order valence-corrected chi connectivity index (χ2v) is 3.28. The van der Waals surface area contributed by atoms with E-state index in [2.05, 4.69) is 6.58 Å². The quantitative estimate of drug-likeness (QED) is 0.600.